The molecule has 0 bridgehead atoms. The van der Waals surface area contributed by atoms with Gasteiger partial charge in [0.25, 0.3) is 0 Å². The first kappa shape index (κ1) is 15.0. The molecule has 5 heteroatoms. The summed E-state index contributed by atoms with van der Waals surface area (Å²) in [6, 6.07) is 5.67. The maximum Gasteiger partial charge on any atom is 0.227 e. The summed E-state index contributed by atoms with van der Waals surface area (Å²) in [5.74, 6) is 0.317. The van der Waals surface area contributed by atoms with Crippen LogP contribution in [0.5, 0.6) is 0 Å². The Morgan fingerprint density at radius 2 is 2.16 bits per heavy atom. The zero-order chi connectivity index (χ0) is 14.0. The first-order valence-corrected chi connectivity index (χ1v) is 7.65. The molecule has 1 saturated heterocycles. The van der Waals surface area contributed by atoms with Gasteiger partial charge in [-0.05, 0) is 30.5 Å². The van der Waals surface area contributed by atoms with Gasteiger partial charge in [-0.2, -0.15) is 0 Å². The monoisotopic (exact) mass is 319 g/mol. The topological polar surface area (TPSA) is 20.3 Å². The largest absolute Gasteiger partial charge is 0.335 e. The van der Waals surface area contributed by atoms with Crippen molar-refractivity contribution in [2.24, 2.45) is 5.92 Å². The Hall–Kier alpha value is -0.440. The van der Waals surface area contributed by atoms with Crippen LogP contribution in [0.15, 0.2) is 18.2 Å². The summed E-state index contributed by atoms with van der Waals surface area (Å²) in [4.78, 5) is 14.2. The van der Waals surface area contributed by atoms with E-state index in [0.717, 1.165) is 24.9 Å². The molecule has 104 valence electrons. The Balaban J connectivity index is 2.23. The number of halogens is 3. The van der Waals surface area contributed by atoms with E-state index in [-0.39, 0.29) is 17.9 Å². The molecule has 2 rings (SSSR count). The van der Waals surface area contributed by atoms with Crippen LogP contribution in [-0.2, 0) is 4.79 Å². The van der Waals surface area contributed by atoms with Crippen LogP contribution in [0, 0.1) is 5.92 Å². The predicted molar refractivity (Wildman–Crippen MR) is 80.0 cm³/mol. The molecule has 0 aliphatic carbocycles. The van der Waals surface area contributed by atoms with Gasteiger partial charge in [0.05, 0.1) is 16.1 Å². The lowest BCUT2D eigenvalue weighted by atomic mass is 10.0. The van der Waals surface area contributed by atoms with E-state index in [1.807, 2.05) is 24.0 Å². The van der Waals surface area contributed by atoms with Crippen molar-refractivity contribution in [2.45, 2.75) is 25.8 Å². The van der Waals surface area contributed by atoms with Crippen LogP contribution in [-0.4, -0.2) is 23.2 Å². The van der Waals surface area contributed by atoms with Crippen molar-refractivity contribution in [3.63, 3.8) is 0 Å². The molecule has 1 amide bonds. The molecule has 1 aliphatic heterocycles. The van der Waals surface area contributed by atoms with Gasteiger partial charge < -0.3 is 4.90 Å². The SMILES string of the molecule is CC(CCl)C(=O)N1CCCC1c1ccc(Cl)c(Cl)c1. The molecule has 2 unspecified atom stereocenters. The van der Waals surface area contributed by atoms with Gasteiger partial charge in [0.2, 0.25) is 5.91 Å². The maximum atomic E-state index is 12.3. The number of likely N-dealkylation sites (tertiary alicyclic amines) is 1. The summed E-state index contributed by atoms with van der Waals surface area (Å²) in [6.07, 6.45) is 1.96. The number of amides is 1. The van der Waals surface area contributed by atoms with E-state index in [2.05, 4.69) is 0 Å². The van der Waals surface area contributed by atoms with Crippen LogP contribution in [0.3, 0.4) is 0 Å². The Morgan fingerprint density at radius 3 is 2.79 bits per heavy atom. The Bertz CT molecular complexity index is 478. The summed E-state index contributed by atoms with van der Waals surface area (Å²) in [6.45, 7) is 2.64. The molecule has 1 aromatic carbocycles. The van der Waals surface area contributed by atoms with Crippen molar-refractivity contribution < 1.29 is 4.79 Å². The van der Waals surface area contributed by atoms with Gasteiger partial charge in [0.1, 0.15) is 0 Å². The molecule has 19 heavy (non-hydrogen) atoms. The normalized spacial score (nSPS) is 20.6. The summed E-state index contributed by atoms with van der Waals surface area (Å²) < 4.78 is 0. The highest BCUT2D eigenvalue weighted by molar-refractivity contribution is 6.42. The Labute approximate surface area is 128 Å². The van der Waals surface area contributed by atoms with E-state index < -0.39 is 0 Å². The Kier molecular flexibility index (Phi) is 4.99. The fraction of sp³-hybridized carbons (Fsp3) is 0.500. The lowest BCUT2D eigenvalue weighted by Crippen LogP contribution is -2.35. The zero-order valence-corrected chi connectivity index (χ0v) is 13.0. The molecular weight excluding hydrogens is 305 g/mol. The number of nitrogens with zero attached hydrogens (tertiary/aromatic N) is 1. The molecule has 0 saturated carbocycles. The molecule has 1 heterocycles. The highest BCUT2D eigenvalue weighted by atomic mass is 35.5. The number of hydrogen-bond acceptors (Lipinski definition) is 1. The highest BCUT2D eigenvalue weighted by Gasteiger charge is 2.32. The van der Waals surface area contributed by atoms with Crippen molar-refractivity contribution in [1.29, 1.82) is 0 Å². The van der Waals surface area contributed by atoms with Crippen LogP contribution in [0.2, 0.25) is 10.0 Å². The maximum absolute atomic E-state index is 12.3. The second-order valence-electron chi connectivity index (χ2n) is 4.92. The molecule has 0 N–H and O–H groups in total. The number of benzene rings is 1. The van der Waals surface area contributed by atoms with Crippen molar-refractivity contribution in [3.8, 4) is 0 Å². The van der Waals surface area contributed by atoms with Gasteiger partial charge in [-0.25, -0.2) is 0 Å². The van der Waals surface area contributed by atoms with Gasteiger partial charge >= 0.3 is 0 Å². The number of alkyl halides is 1. The number of rotatable bonds is 3. The molecule has 2 nitrogen and oxygen atoms in total. The number of carbonyl (C=O) groups excluding carboxylic acids is 1. The molecule has 0 radical (unpaired) electrons. The van der Waals surface area contributed by atoms with E-state index in [0.29, 0.717) is 15.9 Å². The molecule has 1 aromatic rings. The first-order chi connectivity index (χ1) is 9.04. The zero-order valence-electron chi connectivity index (χ0n) is 10.7. The van der Waals surface area contributed by atoms with E-state index >= 15 is 0 Å². The van der Waals surface area contributed by atoms with Gasteiger partial charge in [-0.3, -0.25) is 4.79 Å². The summed E-state index contributed by atoms with van der Waals surface area (Å²) in [5.41, 5.74) is 1.04. The molecule has 0 aromatic heterocycles. The number of hydrogen-bond donors (Lipinski definition) is 0. The highest BCUT2D eigenvalue weighted by Crippen LogP contribution is 2.35. The van der Waals surface area contributed by atoms with Crippen molar-refractivity contribution in [2.75, 3.05) is 12.4 Å². The molecule has 1 fully saturated rings. The molecule has 0 spiro atoms. The van der Waals surface area contributed by atoms with Crippen LogP contribution >= 0.6 is 34.8 Å². The first-order valence-electron chi connectivity index (χ1n) is 6.36. The molecular formula is C14H16Cl3NO. The minimum Gasteiger partial charge on any atom is -0.335 e. The lowest BCUT2D eigenvalue weighted by molar-refractivity contribution is -0.135. The van der Waals surface area contributed by atoms with Gasteiger partial charge in [-0.15, -0.1) is 11.6 Å². The fourth-order valence-electron chi connectivity index (χ4n) is 2.45. The minimum absolute atomic E-state index is 0.0907. The van der Waals surface area contributed by atoms with Crippen LogP contribution < -0.4 is 0 Å². The van der Waals surface area contributed by atoms with Crippen LogP contribution in [0.1, 0.15) is 31.4 Å². The van der Waals surface area contributed by atoms with Gasteiger partial charge in [-0.1, -0.05) is 36.2 Å². The van der Waals surface area contributed by atoms with Crippen LogP contribution in [0.4, 0.5) is 0 Å². The summed E-state index contributed by atoms with van der Waals surface area (Å²) in [7, 11) is 0. The van der Waals surface area contributed by atoms with E-state index in [1.165, 1.54) is 0 Å². The summed E-state index contributed by atoms with van der Waals surface area (Å²) >= 11 is 17.8. The van der Waals surface area contributed by atoms with Gasteiger partial charge in [0.15, 0.2) is 0 Å². The van der Waals surface area contributed by atoms with Crippen molar-refractivity contribution in [1.82, 2.24) is 4.90 Å². The lowest BCUT2D eigenvalue weighted by Gasteiger charge is -2.27. The van der Waals surface area contributed by atoms with E-state index in [1.54, 1.807) is 6.07 Å². The van der Waals surface area contributed by atoms with Crippen molar-refractivity contribution in [3.05, 3.63) is 33.8 Å². The van der Waals surface area contributed by atoms with Crippen molar-refractivity contribution >= 4 is 40.7 Å². The van der Waals surface area contributed by atoms with Gasteiger partial charge in [0, 0.05) is 18.3 Å². The van der Waals surface area contributed by atoms with E-state index in [4.69, 9.17) is 34.8 Å². The fourth-order valence-corrected chi connectivity index (χ4v) is 2.88. The molecule has 2 atom stereocenters. The third-order valence-corrected chi connectivity index (χ3v) is 4.72. The third-order valence-electron chi connectivity index (χ3n) is 3.52. The second kappa shape index (κ2) is 6.34. The average Bonchev–Trinajstić information content (AvgIpc) is 2.89. The standard InChI is InChI=1S/C14H16Cl3NO/c1-9(8-15)14(19)18-6-2-3-13(18)10-4-5-11(16)12(17)7-10/h4-5,7,9,13H,2-3,6,8H2,1H3. The smallest absolute Gasteiger partial charge is 0.227 e. The average molecular weight is 321 g/mol. The second-order valence-corrected chi connectivity index (χ2v) is 6.04. The molecule has 1 aliphatic rings. The number of carbonyl (C=O) groups is 1. The summed E-state index contributed by atoms with van der Waals surface area (Å²) in [5, 5.41) is 1.07. The minimum atomic E-state index is -0.148. The quantitative estimate of drug-likeness (QED) is 0.749. The van der Waals surface area contributed by atoms with Crippen LogP contribution in [0.25, 0.3) is 0 Å². The predicted octanol–water partition coefficient (Wildman–Crippen LogP) is 4.53. The third kappa shape index (κ3) is 3.18. The van der Waals surface area contributed by atoms with E-state index in [9.17, 15) is 4.79 Å². The Morgan fingerprint density at radius 1 is 1.42 bits per heavy atom.